The van der Waals surface area contributed by atoms with Crippen LogP contribution < -0.4 is 10.6 Å². The third-order valence-corrected chi connectivity index (χ3v) is 6.23. The zero-order valence-corrected chi connectivity index (χ0v) is 19.9. The Morgan fingerprint density at radius 1 is 1.23 bits per heavy atom. The molecule has 2 amide bonds. The number of fused-ring (bicyclic) bond motifs is 1. The second kappa shape index (κ2) is 10.1. The molecule has 0 bridgehead atoms. The molecule has 2 aromatic carbocycles. The van der Waals surface area contributed by atoms with Crippen molar-refractivity contribution in [2.75, 3.05) is 0 Å². The molecule has 3 aromatic rings. The first-order valence-corrected chi connectivity index (χ1v) is 11.2. The summed E-state index contributed by atoms with van der Waals surface area (Å²) >= 11 is 0. The first-order valence-electron chi connectivity index (χ1n) is 11.2. The smallest absolute Gasteiger partial charge is 0.372 e. The zero-order valence-electron chi connectivity index (χ0n) is 19.9. The maximum atomic E-state index is 14.6. The number of halogens is 3. The molecule has 0 aliphatic rings. The Morgan fingerprint density at radius 3 is 2.51 bits per heavy atom. The van der Waals surface area contributed by atoms with Gasteiger partial charge in [-0.3, -0.25) is 0 Å². The van der Waals surface area contributed by atoms with Gasteiger partial charge in [-0.25, -0.2) is 10.1 Å². The minimum Gasteiger partial charge on any atom is -0.372 e. The fourth-order valence-corrected chi connectivity index (χ4v) is 3.93. The van der Waals surface area contributed by atoms with Gasteiger partial charge in [-0.1, -0.05) is 38.1 Å². The number of nitrogens with zero attached hydrogens (tertiary/aromatic N) is 1. The van der Waals surface area contributed by atoms with E-state index >= 15 is 0 Å². The van der Waals surface area contributed by atoms with Crippen LogP contribution >= 0.6 is 0 Å². The quantitative estimate of drug-likeness (QED) is 0.213. The Hall–Kier alpha value is -3.43. The Balaban J connectivity index is 2.11. The predicted octanol–water partition coefficient (Wildman–Crippen LogP) is 4.57. The van der Waals surface area contributed by atoms with E-state index in [1.165, 1.54) is 23.6 Å². The predicted molar refractivity (Wildman–Crippen MR) is 130 cm³/mol. The number of urea groups is 1. The number of aliphatic hydroxyl groups is 1. The summed E-state index contributed by atoms with van der Waals surface area (Å²) in [5, 5.41) is 23.3. The number of carbonyl (C=O) groups is 1. The lowest BCUT2D eigenvalue weighted by molar-refractivity contribution is -0.465. The van der Waals surface area contributed by atoms with E-state index in [0.29, 0.717) is 5.52 Å². The molecule has 3 rings (SSSR count). The van der Waals surface area contributed by atoms with Gasteiger partial charge in [0.25, 0.3) is 0 Å². The lowest BCUT2D eigenvalue weighted by Gasteiger charge is -2.31. The number of nitrogens with two attached hydrogens (primary N) is 1. The average Bonchev–Trinajstić information content (AvgIpc) is 3.17. The number of alkyl halides is 3. The molecule has 0 spiro atoms. The van der Waals surface area contributed by atoms with Gasteiger partial charge in [0, 0.05) is 47.5 Å². The number of para-hydroxylation sites is 1. The number of aromatic nitrogens is 1. The number of quaternary nitrogens is 1. The van der Waals surface area contributed by atoms with Crippen LogP contribution in [0, 0.1) is 11.3 Å². The molecular weight excluding hydrogens is 457 g/mol. The van der Waals surface area contributed by atoms with Crippen LogP contribution in [0.15, 0.2) is 61.3 Å². The number of nitrogens with one attached hydrogen (secondary N) is 2. The number of hydrogen-bond donors (Lipinski definition) is 4. The summed E-state index contributed by atoms with van der Waals surface area (Å²) in [6, 6.07) is 9.56. The van der Waals surface area contributed by atoms with Crippen molar-refractivity contribution in [1.82, 2.24) is 9.88 Å². The number of rotatable bonds is 8. The van der Waals surface area contributed by atoms with E-state index in [4.69, 9.17) is 5.41 Å². The number of amides is 2. The highest BCUT2D eigenvalue weighted by atomic mass is 19.4. The minimum atomic E-state index is -5.06. The highest BCUT2D eigenvalue weighted by molar-refractivity contribution is 5.87. The highest BCUT2D eigenvalue weighted by Crippen LogP contribution is 2.47. The van der Waals surface area contributed by atoms with Crippen molar-refractivity contribution in [1.29, 1.82) is 5.41 Å². The summed E-state index contributed by atoms with van der Waals surface area (Å²) in [5.41, 5.74) is -3.23. The fourth-order valence-electron chi connectivity index (χ4n) is 3.93. The highest BCUT2D eigenvalue weighted by Gasteiger charge is 2.57. The summed E-state index contributed by atoms with van der Waals surface area (Å²) in [4.78, 5) is 12.4. The number of carbonyl (C=O) groups excluding carboxylic acids is 1. The van der Waals surface area contributed by atoms with Gasteiger partial charge in [-0.15, -0.1) is 6.58 Å². The lowest BCUT2D eigenvalue weighted by atomic mass is 9.84. The van der Waals surface area contributed by atoms with Crippen LogP contribution in [-0.4, -0.2) is 34.1 Å². The van der Waals surface area contributed by atoms with Crippen LogP contribution in [0.25, 0.3) is 10.9 Å². The van der Waals surface area contributed by atoms with E-state index in [9.17, 15) is 23.1 Å². The molecule has 186 valence electrons. The van der Waals surface area contributed by atoms with E-state index in [1.807, 2.05) is 20.8 Å². The molecule has 0 fully saturated rings. The van der Waals surface area contributed by atoms with E-state index in [-0.39, 0.29) is 40.7 Å². The van der Waals surface area contributed by atoms with E-state index < -0.39 is 23.4 Å². The van der Waals surface area contributed by atoms with Gasteiger partial charge in [-0.05, 0) is 36.6 Å². The van der Waals surface area contributed by atoms with Crippen molar-refractivity contribution >= 4 is 28.8 Å². The second-order valence-corrected chi connectivity index (χ2v) is 8.88. The fraction of sp³-hybridized carbons (Fsp3) is 0.308. The minimum absolute atomic E-state index is 0.0763. The van der Waals surface area contributed by atoms with Gasteiger partial charge in [0.05, 0.1) is 5.56 Å². The SMILES string of the molecule is C=CCn1cc(C(O)(c2ccc([NH2+]C(=O)NC(C)C(C)C)c(C=N)c2)C(F)(F)F)c2ccccc21. The van der Waals surface area contributed by atoms with Crippen LogP contribution in [0.2, 0.25) is 0 Å². The number of hydrogen-bond acceptors (Lipinski definition) is 3. The van der Waals surface area contributed by atoms with Crippen molar-refractivity contribution in [3.63, 3.8) is 0 Å². The van der Waals surface area contributed by atoms with Gasteiger partial charge in [0.2, 0.25) is 5.60 Å². The molecule has 0 saturated carbocycles. The summed E-state index contributed by atoms with van der Waals surface area (Å²) in [5.74, 6) is 0.196. The van der Waals surface area contributed by atoms with E-state index in [0.717, 1.165) is 18.3 Å². The van der Waals surface area contributed by atoms with Crippen LogP contribution in [0.3, 0.4) is 0 Å². The molecule has 0 radical (unpaired) electrons. The molecule has 0 aliphatic carbocycles. The van der Waals surface area contributed by atoms with Crippen LogP contribution in [0.5, 0.6) is 0 Å². The topological polar surface area (TPSA) is 94.7 Å². The largest absolute Gasteiger partial charge is 0.425 e. The molecule has 5 N–H and O–H groups in total. The number of primary amides is 1. The molecule has 35 heavy (non-hydrogen) atoms. The average molecular weight is 488 g/mol. The van der Waals surface area contributed by atoms with Crippen LogP contribution in [0.1, 0.15) is 37.5 Å². The van der Waals surface area contributed by atoms with Crippen molar-refractivity contribution in [2.45, 2.75) is 45.1 Å². The Labute approximate surface area is 202 Å². The molecule has 0 saturated heterocycles. The Morgan fingerprint density at radius 2 is 1.91 bits per heavy atom. The number of allylic oxidation sites excluding steroid dienone is 1. The van der Waals surface area contributed by atoms with Crippen molar-refractivity contribution in [3.05, 3.63) is 78.0 Å². The first-order chi connectivity index (χ1) is 16.4. The van der Waals surface area contributed by atoms with Crippen molar-refractivity contribution in [2.24, 2.45) is 5.92 Å². The standard InChI is InChI=1S/C26H29F3N4O2/c1-5-12-33-15-21(20-8-6-7-9-23(20)33)25(35,26(27,28)29)19-10-11-22(18(13-19)14-30)32-24(34)31-17(4)16(2)3/h5-11,13-17,30,35H,1,12H2,2-4H3,(H2,31,32,34)/p+1. The summed E-state index contributed by atoms with van der Waals surface area (Å²) in [6.45, 7) is 9.67. The normalized spacial score (nSPS) is 14.5. The van der Waals surface area contributed by atoms with Gasteiger partial charge < -0.3 is 20.4 Å². The summed E-state index contributed by atoms with van der Waals surface area (Å²) in [7, 11) is 0. The van der Waals surface area contributed by atoms with Gasteiger partial charge >= 0.3 is 12.2 Å². The van der Waals surface area contributed by atoms with Crippen LogP contribution in [-0.2, 0) is 12.1 Å². The number of benzene rings is 2. The summed E-state index contributed by atoms with van der Waals surface area (Å²) in [6.07, 6.45) is -1.35. The lowest BCUT2D eigenvalue weighted by Crippen LogP contribution is -2.86. The molecule has 1 aromatic heterocycles. The molecule has 9 heteroatoms. The Bertz CT molecular complexity index is 1250. The molecule has 2 unspecified atom stereocenters. The molecular formula is C26H30F3N4O2+. The van der Waals surface area contributed by atoms with E-state index in [2.05, 4.69) is 11.9 Å². The Kier molecular flexibility index (Phi) is 7.52. The maximum absolute atomic E-state index is 14.6. The monoisotopic (exact) mass is 487 g/mol. The van der Waals surface area contributed by atoms with Crippen molar-refractivity contribution in [3.8, 4) is 0 Å². The third-order valence-electron chi connectivity index (χ3n) is 6.23. The van der Waals surface area contributed by atoms with Gasteiger partial charge in [0.1, 0.15) is 5.69 Å². The third kappa shape index (κ3) is 5.01. The van der Waals surface area contributed by atoms with Crippen LogP contribution in [0.4, 0.5) is 23.7 Å². The second-order valence-electron chi connectivity index (χ2n) is 8.88. The zero-order chi connectivity index (χ0) is 26.0. The summed E-state index contributed by atoms with van der Waals surface area (Å²) < 4.78 is 45.3. The molecule has 1 heterocycles. The van der Waals surface area contributed by atoms with Gasteiger partial charge in [0.15, 0.2) is 0 Å². The van der Waals surface area contributed by atoms with Crippen molar-refractivity contribution < 1.29 is 28.4 Å². The molecule has 2 atom stereocenters. The molecule has 0 aliphatic heterocycles. The maximum Gasteiger partial charge on any atom is 0.425 e. The van der Waals surface area contributed by atoms with Gasteiger partial charge in [-0.2, -0.15) is 13.2 Å². The first kappa shape index (κ1) is 26.2. The molecule has 6 nitrogen and oxygen atoms in total. The van der Waals surface area contributed by atoms with E-state index in [1.54, 1.807) is 28.8 Å².